The van der Waals surface area contributed by atoms with Crippen molar-refractivity contribution in [2.24, 2.45) is 0 Å². The molecule has 0 unspecified atom stereocenters. The first-order valence-corrected chi connectivity index (χ1v) is 11.0. The average molecular weight is 407 g/mol. The van der Waals surface area contributed by atoms with Crippen LogP contribution in [0.15, 0.2) is 83.8 Å². The van der Waals surface area contributed by atoms with E-state index in [1.807, 2.05) is 55.5 Å². The number of nitrogens with zero attached hydrogens (tertiary/aromatic N) is 1. The molecule has 1 amide bonds. The highest BCUT2D eigenvalue weighted by Crippen LogP contribution is 2.34. The lowest BCUT2D eigenvalue weighted by Gasteiger charge is -2.23. The third kappa shape index (κ3) is 3.95. The van der Waals surface area contributed by atoms with E-state index >= 15 is 0 Å². The van der Waals surface area contributed by atoms with Gasteiger partial charge in [-0.25, -0.2) is 13.1 Å². The Balaban J connectivity index is 1.57. The number of hydrogen-bond acceptors (Lipinski definition) is 3. The molecule has 5 nitrogen and oxygen atoms in total. The first-order chi connectivity index (χ1) is 14.0. The standard InChI is InChI=1S/C23H22N2O3S/c1-17-14-20-13-12-18(16-24-29(27,28)21-10-6-3-7-11-21)15-22(20)25(17)23(26)19-8-4-2-5-9-19/h2-13,15,17,24H,14,16H2,1H3/t17-/m0/s1. The Kier molecular flexibility index (Phi) is 5.22. The predicted octanol–water partition coefficient (Wildman–Crippen LogP) is 3.76. The van der Waals surface area contributed by atoms with Crippen LogP contribution in [0, 0.1) is 0 Å². The summed E-state index contributed by atoms with van der Waals surface area (Å²) < 4.78 is 27.6. The molecule has 1 aliphatic heterocycles. The van der Waals surface area contributed by atoms with Gasteiger partial charge in [0, 0.05) is 23.8 Å². The molecule has 6 heteroatoms. The fraction of sp³-hybridized carbons (Fsp3) is 0.174. The summed E-state index contributed by atoms with van der Waals surface area (Å²) >= 11 is 0. The Bertz CT molecular complexity index is 1130. The Morgan fingerprint density at radius 3 is 2.34 bits per heavy atom. The Morgan fingerprint density at radius 1 is 1.00 bits per heavy atom. The largest absolute Gasteiger partial charge is 0.305 e. The monoisotopic (exact) mass is 406 g/mol. The van der Waals surface area contributed by atoms with E-state index in [9.17, 15) is 13.2 Å². The Hall–Kier alpha value is -2.96. The van der Waals surface area contributed by atoms with Gasteiger partial charge >= 0.3 is 0 Å². The third-order valence-corrected chi connectivity index (χ3v) is 6.54. The lowest BCUT2D eigenvalue weighted by atomic mass is 10.1. The highest BCUT2D eigenvalue weighted by molar-refractivity contribution is 7.89. The number of benzene rings is 3. The van der Waals surface area contributed by atoms with E-state index in [-0.39, 0.29) is 23.4 Å². The van der Waals surface area contributed by atoms with Gasteiger partial charge in [-0.1, -0.05) is 48.5 Å². The number of sulfonamides is 1. The van der Waals surface area contributed by atoms with Crippen molar-refractivity contribution in [3.63, 3.8) is 0 Å². The van der Waals surface area contributed by atoms with Crippen LogP contribution in [-0.4, -0.2) is 20.4 Å². The van der Waals surface area contributed by atoms with Crippen molar-refractivity contribution in [2.45, 2.75) is 30.8 Å². The van der Waals surface area contributed by atoms with E-state index < -0.39 is 10.0 Å². The second kappa shape index (κ2) is 7.81. The Labute approximate surface area is 171 Å². The van der Waals surface area contributed by atoms with E-state index in [4.69, 9.17) is 0 Å². The Morgan fingerprint density at radius 2 is 1.66 bits per heavy atom. The molecule has 0 bridgehead atoms. The molecule has 0 aliphatic carbocycles. The van der Waals surface area contributed by atoms with E-state index in [0.717, 1.165) is 23.2 Å². The number of nitrogens with one attached hydrogen (secondary N) is 1. The molecular weight excluding hydrogens is 384 g/mol. The highest BCUT2D eigenvalue weighted by atomic mass is 32.2. The van der Waals surface area contributed by atoms with Crippen LogP contribution in [0.25, 0.3) is 0 Å². The molecule has 0 spiro atoms. The molecule has 3 aromatic rings. The molecule has 1 aliphatic rings. The van der Waals surface area contributed by atoms with Crippen molar-refractivity contribution in [1.29, 1.82) is 0 Å². The van der Waals surface area contributed by atoms with Crippen molar-refractivity contribution >= 4 is 21.6 Å². The first-order valence-electron chi connectivity index (χ1n) is 9.51. The normalized spacial score (nSPS) is 15.9. The van der Waals surface area contributed by atoms with Crippen molar-refractivity contribution in [3.05, 3.63) is 95.6 Å². The maximum atomic E-state index is 13.0. The van der Waals surface area contributed by atoms with Gasteiger partial charge < -0.3 is 4.90 Å². The fourth-order valence-corrected chi connectivity index (χ4v) is 4.69. The van der Waals surface area contributed by atoms with Crippen LogP contribution < -0.4 is 9.62 Å². The topological polar surface area (TPSA) is 66.5 Å². The second-order valence-corrected chi connectivity index (χ2v) is 8.96. The van der Waals surface area contributed by atoms with E-state index in [0.29, 0.717) is 5.56 Å². The van der Waals surface area contributed by atoms with Crippen LogP contribution in [0.1, 0.15) is 28.4 Å². The summed E-state index contributed by atoms with van der Waals surface area (Å²) in [5, 5.41) is 0. The summed E-state index contributed by atoms with van der Waals surface area (Å²) in [6.07, 6.45) is 0.782. The maximum absolute atomic E-state index is 13.0. The third-order valence-electron chi connectivity index (χ3n) is 5.12. The molecule has 4 rings (SSSR count). The molecule has 1 heterocycles. The number of hydrogen-bond donors (Lipinski definition) is 1. The van der Waals surface area contributed by atoms with Crippen molar-refractivity contribution < 1.29 is 13.2 Å². The molecule has 3 aromatic carbocycles. The number of amides is 1. The van der Waals surface area contributed by atoms with Crippen LogP contribution in [0.3, 0.4) is 0 Å². The lowest BCUT2D eigenvalue weighted by molar-refractivity contribution is 0.0981. The molecule has 1 N–H and O–H groups in total. The highest BCUT2D eigenvalue weighted by Gasteiger charge is 2.31. The molecule has 1 atom stereocenters. The van der Waals surface area contributed by atoms with Crippen LogP contribution >= 0.6 is 0 Å². The molecule has 0 radical (unpaired) electrons. The summed E-state index contributed by atoms with van der Waals surface area (Å²) in [5.74, 6) is -0.0427. The summed E-state index contributed by atoms with van der Waals surface area (Å²) in [7, 11) is -3.59. The van der Waals surface area contributed by atoms with Crippen molar-refractivity contribution in [2.75, 3.05) is 4.90 Å². The zero-order valence-corrected chi connectivity index (χ0v) is 16.9. The van der Waals surface area contributed by atoms with Gasteiger partial charge in [0.1, 0.15) is 0 Å². The zero-order valence-electron chi connectivity index (χ0n) is 16.1. The minimum absolute atomic E-state index is 0.0427. The first kappa shape index (κ1) is 19.4. The smallest absolute Gasteiger partial charge is 0.258 e. The second-order valence-electron chi connectivity index (χ2n) is 7.19. The van der Waals surface area contributed by atoms with Gasteiger partial charge in [-0.05, 0) is 54.8 Å². The quantitative estimate of drug-likeness (QED) is 0.702. The van der Waals surface area contributed by atoms with Crippen LogP contribution in [0.5, 0.6) is 0 Å². The van der Waals surface area contributed by atoms with E-state index in [1.54, 1.807) is 35.2 Å². The van der Waals surface area contributed by atoms with Gasteiger partial charge in [-0.3, -0.25) is 4.79 Å². The minimum Gasteiger partial charge on any atom is -0.305 e. The van der Waals surface area contributed by atoms with Gasteiger partial charge in [0.15, 0.2) is 0 Å². The number of rotatable bonds is 5. The van der Waals surface area contributed by atoms with Gasteiger partial charge in [0.2, 0.25) is 10.0 Å². The van der Waals surface area contributed by atoms with Crippen LogP contribution in [-0.2, 0) is 23.0 Å². The molecular formula is C23H22N2O3S. The molecule has 148 valence electrons. The van der Waals surface area contributed by atoms with Gasteiger partial charge in [0.05, 0.1) is 4.90 Å². The number of carbonyl (C=O) groups excluding carboxylic acids is 1. The maximum Gasteiger partial charge on any atom is 0.258 e. The predicted molar refractivity (Wildman–Crippen MR) is 113 cm³/mol. The number of anilines is 1. The minimum atomic E-state index is -3.59. The average Bonchev–Trinajstić information content (AvgIpc) is 3.08. The lowest BCUT2D eigenvalue weighted by Crippen LogP contribution is -2.35. The van der Waals surface area contributed by atoms with Crippen molar-refractivity contribution in [1.82, 2.24) is 4.72 Å². The molecule has 0 saturated heterocycles. The number of fused-ring (bicyclic) bond motifs is 1. The van der Waals surface area contributed by atoms with Crippen LogP contribution in [0.4, 0.5) is 5.69 Å². The van der Waals surface area contributed by atoms with Gasteiger partial charge in [-0.15, -0.1) is 0 Å². The molecule has 0 saturated carbocycles. The SMILES string of the molecule is C[C@H]1Cc2ccc(CNS(=O)(=O)c3ccccc3)cc2N1C(=O)c1ccccc1. The summed E-state index contributed by atoms with van der Waals surface area (Å²) in [5.41, 5.74) is 3.39. The fourth-order valence-electron chi connectivity index (χ4n) is 3.65. The van der Waals surface area contributed by atoms with E-state index in [2.05, 4.69) is 4.72 Å². The summed E-state index contributed by atoms with van der Waals surface area (Å²) in [6, 6.07) is 23.3. The summed E-state index contributed by atoms with van der Waals surface area (Å²) in [4.78, 5) is 15.1. The van der Waals surface area contributed by atoms with E-state index in [1.165, 1.54) is 0 Å². The van der Waals surface area contributed by atoms with Crippen LogP contribution in [0.2, 0.25) is 0 Å². The number of carbonyl (C=O) groups is 1. The van der Waals surface area contributed by atoms with Gasteiger partial charge in [-0.2, -0.15) is 0 Å². The van der Waals surface area contributed by atoms with Crippen molar-refractivity contribution in [3.8, 4) is 0 Å². The zero-order chi connectivity index (χ0) is 20.4. The molecule has 0 aromatic heterocycles. The summed E-state index contributed by atoms with van der Waals surface area (Å²) in [6.45, 7) is 2.19. The molecule has 0 fully saturated rings. The molecule has 29 heavy (non-hydrogen) atoms. The van der Waals surface area contributed by atoms with Gasteiger partial charge in [0.25, 0.3) is 5.91 Å².